The van der Waals surface area contributed by atoms with Crippen LogP contribution in [0, 0.1) is 0 Å². The van der Waals surface area contributed by atoms with Crippen molar-refractivity contribution in [3.8, 4) is 5.88 Å². The summed E-state index contributed by atoms with van der Waals surface area (Å²) in [7, 11) is 0. The molecule has 2 aromatic rings. The minimum absolute atomic E-state index is 0.378. The number of ether oxygens (including phenoxy) is 1. The lowest BCUT2D eigenvalue weighted by molar-refractivity contribution is 0.218. The van der Waals surface area contributed by atoms with Gasteiger partial charge in [-0.2, -0.15) is 0 Å². The summed E-state index contributed by atoms with van der Waals surface area (Å²) in [5, 5.41) is 0. The van der Waals surface area contributed by atoms with E-state index in [4.69, 9.17) is 4.74 Å². The highest BCUT2D eigenvalue weighted by Crippen LogP contribution is 2.26. The normalized spacial score (nSPS) is 18.9. The third-order valence-corrected chi connectivity index (χ3v) is 4.16. The van der Waals surface area contributed by atoms with Crippen LogP contribution in [0.5, 0.6) is 5.88 Å². The highest BCUT2D eigenvalue weighted by Gasteiger charge is 2.27. The average Bonchev–Trinajstić information content (AvgIpc) is 2.57. The first-order valence-corrected chi connectivity index (χ1v) is 8.24. The van der Waals surface area contributed by atoms with Gasteiger partial charge in [-0.3, -0.25) is 4.90 Å². The Kier molecular flexibility index (Phi) is 5.08. The van der Waals surface area contributed by atoms with Gasteiger partial charge in [0.05, 0.1) is 6.61 Å². The fourth-order valence-electron chi connectivity index (χ4n) is 3.09. The summed E-state index contributed by atoms with van der Waals surface area (Å²) in [5.41, 5.74) is 1.36. The van der Waals surface area contributed by atoms with Crippen LogP contribution in [-0.2, 0) is 6.54 Å². The highest BCUT2D eigenvalue weighted by molar-refractivity contribution is 5.49. The molecular formula is C18H24N4O. The molecule has 1 aliphatic rings. The molecule has 2 heterocycles. The van der Waals surface area contributed by atoms with Gasteiger partial charge >= 0.3 is 0 Å². The molecule has 1 atom stereocenters. The molecule has 0 bridgehead atoms. The molecule has 1 fully saturated rings. The zero-order valence-corrected chi connectivity index (χ0v) is 13.9. The summed E-state index contributed by atoms with van der Waals surface area (Å²) in [6.07, 6.45) is 3.42. The molecule has 1 aromatic heterocycles. The number of anilines is 1. The van der Waals surface area contributed by atoms with Gasteiger partial charge in [-0.15, -0.1) is 0 Å². The molecule has 0 saturated carbocycles. The largest absolute Gasteiger partial charge is 0.475 e. The summed E-state index contributed by atoms with van der Waals surface area (Å²) < 4.78 is 5.63. The lowest BCUT2D eigenvalue weighted by atomic mass is 10.1. The summed E-state index contributed by atoms with van der Waals surface area (Å²) in [6, 6.07) is 11.0. The van der Waals surface area contributed by atoms with E-state index in [1.54, 1.807) is 12.4 Å². The molecule has 0 radical (unpaired) electrons. The first-order valence-electron chi connectivity index (χ1n) is 8.24. The van der Waals surface area contributed by atoms with Crippen molar-refractivity contribution in [1.82, 2.24) is 14.9 Å². The van der Waals surface area contributed by atoms with E-state index in [1.165, 1.54) is 5.56 Å². The van der Waals surface area contributed by atoms with Gasteiger partial charge in [0.25, 0.3) is 5.88 Å². The van der Waals surface area contributed by atoms with Crippen molar-refractivity contribution in [3.05, 3.63) is 48.3 Å². The predicted octanol–water partition coefficient (Wildman–Crippen LogP) is 2.59. The number of hydrogen-bond donors (Lipinski definition) is 0. The number of hydrogen-bond acceptors (Lipinski definition) is 5. The zero-order valence-electron chi connectivity index (χ0n) is 13.9. The van der Waals surface area contributed by atoms with Gasteiger partial charge in [-0.1, -0.05) is 30.3 Å². The minimum Gasteiger partial charge on any atom is -0.475 e. The predicted molar refractivity (Wildman–Crippen MR) is 91.7 cm³/mol. The zero-order chi connectivity index (χ0) is 16.1. The number of nitrogens with zero attached hydrogens (tertiary/aromatic N) is 4. The molecule has 1 saturated heterocycles. The molecule has 5 heteroatoms. The third-order valence-electron chi connectivity index (χ3n) is 4.16. The molecule has 0 aliphatic carbocycles. The van der Waals surface area contributed by atoms with E-state index in [0.29, 0.717) is 18.5 Å². The molecule has 0 N–H and O–H groups in total. The van der Waals surface area contributed by atoms with E-state index in [2.05, 4.69) is 57.0 Å². The smallest absolute Gasteiger partial charge is 0.257 e. The minimum atomic E-state index is 0.378. The highest BCUT2D eigenvalue weighted by atomic mass is 16.5. The Labute approximate surface area is 137 Å². The van der Waals surface area contributed by atoms with Gasteiger partial charge in [0, 0.05) is 44.6 Å². The number of rotatable bonds is 5. The van der Waals surface area contributed by atoms with Gasteiger partial charge in [-0.25, -0.2) is 9.97 Å². The number of benzene rings is 1. The van der Waals surface area contributed by atoms with E-state index in [0.717, 1.165) is 32.0 Å². The maximum Gasteiger partial charge on any atom is 0.257 e. The Morgan fingerprint density at radius 3 is 2.65 bits per heavy atom. The van der Waals surface area contributed by atoms with Crippen molar-refractivity contribution in [2.75, 3.05) is 31.1 Å². The topological polar surface area (TPSA) is 41.5 Å². The number of piperazine rings is 1. The second-order valence-electron chi connectivity index (χ2n) is 5.88. The SMILES string of the molecule is CCOc1nccnc1N1CCN(Cc2ccccc2)CC1C. The van der Waals surface area contributed by atoms with Gasteiger partial charge in [-0.05, 0) is 19.4 Å². The van der Waals surface area contributed by atoms with Gasteiger partial charge in [0.2, 0.25) is 0 Å². The first-order chi connectivity index (χ1) is 11.3. The van der Waals surface area contributed by atoms with Gasteiger partial charge in [0.15, 0.2) is 5.82 Å². The van der Waals surface area contributed by atoms with Crippen molar-refractivity contribution in [2.24, 2.45) is 0 Å². The standard InChI is InChI=1S/C18H24N4O/c1-3-23-18-17(19-9-10-20-18)22-12-11-21(13-15(22)2)14-16-7-5-4-6-8-16/h4-10,15H,3,11-14H2,1-2H3. The average molecular weight is 312 g/mol. The molecule has 23 heavy (non-hydrogen) atoms. The van der Waals surface area contributed by atoms with Crippen LogP contribution >= 0.6 is 0 Å². The molecule has 1 aliphatic heterocycles. The quantitative estimate of drug-likeness (QED) is 0.849. The van der Waals surface area contributed by atoms with Gasteiger partial charge < -0.3 is 9.64 Å². The molecular weight excluding hydrogens is 288 g/mol. The fraction of sp³-hybridized carbons (Fsp3) is 0.444. The van der Waals surface area contributed by atoms with E-state index >= 15 is 0 Å². The lowest BCUT2D eigenvalue weighted by Crippen LogP contribution is -2.52. The Hall–Kier alpha value is -2.14. The summed E-state index contributed by atoms with van der Waals surface area (Å²) in [6.45, 7) is 8.78. The van der Waals surface area contributed by atoms with Gasteiger partial charge in [0.1, 0.15) is 0 Å². The Morgan fingerprint density at radius 2 is 1.91 bits per heavy atom. The molecule has 5 nitrogen and oxygen atoms in total. The van der Waals surface area contributed by atoms with Crippen molar-refractivity contribution in [3.63, 3.8) is 0 Å². The Balaban J connectivity index is 1.67. The van der Waals surface area contributed by atoms with Crippen LogP contribution in [0.2, 0.25) is 0 Å². The molecule has 0 spiro atoms. The summed E-state index contributed by atoms with van der Waals surface area (Å²) >= 11 is 0. The van der Waals surface area contributed by atoms with Crippen LogP contribution in [0.1, 0.15) is 19.4 Å². The van der Waals surface area contributed by atoms with Crippen molar-refractivity contribution >= 4 is 5.82 Å². The second-order valence-corrected chi connectivity index (χ2v) is 5.88. The summed E-state index contributed by atoms with van der Waals surface area (Å²) in [4.78, 5) is 13.6. The molecule has 122 valence electrons. The van der Waals surface area contributed by atoms with Crippen LogP contribution < -0.4 is 9.64 Å². The number of aromatic nitrogens is 2. The van der Waals surface area contributed by atoms with Crippen LogP contribution in [0.15, 0.2) is 42.7 Å². The molecule has 3 rings (SSSR count). The fourth-order valence-corrected chi connectivity index (χ4v) is 3.09. The molecule has 1 unspecified atom stereocenters. The molecule has 0 amide bonds. The van der Waals surface area contributed by atoms with Crippen molar-refractivity contribution in [2.45, 2.75) is 26.4 Å². The lowest BCUT2D eigenvalue weighted by Gasteiger charge is -2.40. The summed E-state index contributed by atoms with van der Waals surface area (Å²) in [5.74, 6) is 1.50. The maximum atomic E-state index is 5.63. The third kappa shape index (κ3) is 3.79. The Bertz CT molecular complexity index is 619. The van der Waals surface area contributed by atoms with Crippen LogP contribution in [-0.4, -0.2) is 47.2 Å². The van der Waals surface area contributed by atoms with Crippen LogP contribution in [0.4, 0.5) is 5.82 Å². The van der Waals surface area contributed by atoms with Crippen molar-refractivity contribution in [1.29, 1.82) is 0 Å². The van der Waals surface area contributed by atoms with Crippen molar-refractivity contribution < 1.29 is 4.74 Å². The monoisotopic (exact) mass is 312 g/mol. The second kappa shape index (κ2) is 7.42. The molecule has 1 aromatic carbocycles. The maximum absolute atomic E-state index is 5.63. The van der Waals surface area contributed by atoms with E-state index in [1.807, 2.05) is 6.92 Å². The first kappa shape index (κ1) is 15.7. The van der Waals surface area contributed by atoms with E-state index in [-0.39, 0.29) is 0 Å². The van der Waals surface area contributed by atoms with E-state index < -0.39 is 0 Å². The Morgan fingerprint density at radius 1 is 1.13 bits per heavy atom. The van der Waals surface area contributed by atoms with Crippen LogP contribution in [0.3, 0.4) is 0 Å². The van der Waals surface area contributed by atoms with E-state index in [9.17, 15) is 0 Å². The van der Waals surface area contributed by atoms with Crippen LogP contribution in [0.25, 0.3) is 0 Å².